The SMILES string of the molecule is Clc1cccc(-c2c[n+](Cc3ccccc3)ccn2)c1.Fc1c(F)c(F)c([B-](c2c(F)c(F)c(F)c(F)c2F)(c2c(F)c(F)c(F)c(F)c2F)c2c(F)c(F)c(F)c(F)c2F)c(F)c1F. The minimum atomic E-state index is -7.22. The zero-order valence-electron chi connectivity index (χ0n) is 31.0. The van der Waals surface area contributed by atoms with E-state index in [0.29, 0.717) is 0 Å². The fraction of sp³-hybridized carbons (Fsp3) is 0.0244. The Labute approximate surface area is 354 Å². The van der Waals surface area contributed by atoms with Crippen LogP contribution in [0, 0.1) is 116 Å². The summed E-state index contributed by atoms with van der Waals surface area (Å²) in [6.45, 7) is 0.830. The van der Waals surface area contributed by atoms with Gasteiger partial charge in [-0.25, -0.2) is 92.8 Å². The van der Waals surface area contributed by atoms with Gasteiger partial charge in [0.25, 0.3) is 0 Å². The summed E-state index contributed by atoms with van der Waals surface area (Å²) >= 11 is 6.03. The third kappa shape index (κ3) is 7.88. The molecule has 0 aliphatic carbocycles. The van der Waals surface area contributed by atoms with Crippen LogP contribution in [0.15, 0.2) is 73.2 Å². The summed E-state index contributed by atoms with van der Waals surface area (Å²) in [5, 5.41) is 0.725. The van der Waals surface area contributed by atoms with Gasteiger partial charge >= 0.3 is 0 Å². The molecule has 0 N–H and O–H groups in total. The highest BCUT2D eigenvalue weighted by molar-refractivity contribution is 7.20. The Morgan fingerprint density at radius 2 is 0.723 bits per heavy atom. The van der Waals surface area contributed by atoms with Crippen molar-refractivity contribution in [2.75, 3.05) is 0 Å². The topological polar surface area (TPSA) is 16.8 Å². The van der Waals surface area contributed by atoms with Crippen LogP contribution in [0.3, 0.4) is 0 Å². The molecule has 24 heteroatoms. The molecule has 2 nitrogen and oxygen atoms in total. The van der Waals surface area contributed by atoms with Crippen molar-refractivity contribution in [2.45, 2.75) is 6.54 Å². The van der Waals surface area contributed by atoms with Crippen LogP contribution in [0.2, 0.25) is 5.02 Å². The van der Waals surface area contributed by atoms with E-state index in [-0.39, 0.29) is 0 Å². The van der Waals surface area contributed by atoms with Gasteiger partial charge in [-0.2, -0.15) is 4.57 Å². The van der Waals surface area contributed by atoms with Crippen molar-refractivity contribution in [1.29, 1.82) is 0 Å². The summed E-state index contributed by atoms with van der Waals surface area (Å²) in [6.07, 6.45) is -1.38. The average Bonchev–Trinajstić information content (AvgIpc) is 3.29. The lowest BCUT2D eigenvalue weighted by Crippen LogP contribution is -2.81. The molecule has 6 aromatic carbocycles. The van der Waals surface area contributed by atoms with Crippen LogP contribution in [0.5, 0.6) is 0 Å². The van der Waals surface area contributed by atoms with Gasteiger partial charge in [0, 0.05) is 16.1 Å². The molecule has 0 spiro atoms. The Kier molecular flexibility index (Phi) is 13.3. The second kappa shape index (κ2) is 18.1. The second-order valence-electron chi connectivity index (χ2n) is 13.4. The molecule has 0 saturated carbocycles. The first-order chi connectivity index (χ1) is 30.5. The number of halogens is 21. The molecule has 0 saturated heterocycles. The molecule has 0 unspecified atom stereocenters. The molecule has 0 amide bonds. The van der Waals surface area contributed by atoms with Crippen molar-refractivity contribution in [2.24, 2.45) is 0 Å². The highest BCUT2D eigenvalue weighted by Crippen LogP contribution is 2.31. The highest BCUT2D eigenvalue weighted by atomic mass is 35.5. The van der Waals surface area contributed by atoms with Gasteiger partial charge in [0.2, 0.25) is 0 Å². The van der Waals surface area contributed by atoms with Crippen LogP contribution in [0.4, 0.5) is 87.8 Å². The summed E-state index contributed by atoms with van der Waals surface area (Å²) in [5.41, 5.74) is -11.1. The van der Waals surface area contributed by atoms with E-state index >= 15 is 35.1 Å². The fourth-order valence-electron chi connectivity index (χ4n) is 7.00. The third-order valence-corrected chi connectivity index (χ3v) is 10.0. The molecular weight excluding hydrogens is 947 g/mol. The Morgan fingerprint density at radius 1 is 0.400 bits per heavy atom. The smallest absolute Gasteiger partial charge is 0.200 e. The minimum absolute atomic E-state index is 0.725. The zero-order chi connectivity index (χ0) is 48.1. The van der Waals surface area contributed by atoms with Gasteiger partial charge in [-0.3, -0.25) is 0 Å². The molecule has 0 radical (unpaired) electrons. The normalized spacial score (nSPS) is 11.5. The van der Waals surface area contributed by atoms with Gasteiger partial charge in [0.15, 0.2) is 88.7 Å². The van der Waals surface area contributed by atoms with E-state index in [4.69, 9.17) is 11.6 Å². The quantitative estimate of drug-likeness (QED) is 0.0512. The molecule has 1 heterocycles. The zero-order valence-corrected chi connectivity index (χ0v) is 31.8. The Balaban J connectivity index is 0.000000289. The number of nitrogens with zero attached hydrogens (tertiary/aromatic N) is 2. The Hall–Kier alpha value is -6.65. The van der Waals surface area contributed by atoms with Gasteiger partial charge in [-0.1, -0.05) is 54.1 Å². The first kappa shape index (κ1) is 47.8. The monoisotopic (exact) mass is 960 g/mol. The number of rotatable bonds is 7. The van der Waals surface area contributed by atoms with E-state index in [2.05, 4.69) is 33.8 Å². The van der Waals surface area contributed by atoms with Crippen LogP contribution < -0.4 is 26.4 Å². The largest absolute Gasteiger partial charge is 0.244 e. The third-order valence-electron chi connectivity index (χ3n) is 9.80. The van der Waals surface area contributed by atoms with E-state index in [0.717, 1.165) is 22.8 Å². The number of aromatic nitrogens is 2. The molecule has 7 aromatic rings. The van der Waals surface area contributed by atoms with Gasteiger partial charge in [-0.15, -0.1) is 21.9 Å². The lowest BCUT2D eigenvalue weighted by molar-refractivity contribution is -0.688. The molecule has 7 rings (SSSR count). The van der Waals surface area contributed by atoms with Crippen molar-refractivity contribution in [1.82, 2.24) is 4.98 Å². The van der Waals surface area contributed by atoms with Crippen molar-refractivity contribution < 1.29 is 92.4 Å². The fourth-order valence-corrected chi connectivity index (χ4v) is 7.19. The second-order valence-corrected chi connectivity index (χ2v) is 13.8. The van der Waals surface area contributed by atoms with E-state index in [9.17, 15) is 52.7 Å². The maximum absolute atomic E-state index is 15.4. The summed E-state index contributed by atoms with van der Waals surface area (Å²) in [4.78, 5) is 4.41. The van der Waals surface area contributed by atoms with Gasteiger partial charge < -0.3 is 0 Å². The van der Waals surface area contributed by atoms with Crippen LogP contribution in [0.1, 0.15) is 5.56 Å². The first-order valence-electron chi connectivity index (χ1n) is 17.4. The Bertz CT molecular complexity index is 2660. The summed E-state index contributed by atoms with van der Waals surface area (Å²) in [5.74, 6) is -71.4. The maximum atomic E-state index is 15.4. The van der Waals surface area contributed by atoms with Crippen LogP contribution >= 0.6 is 11.6 Å². The number of hydrogen-bond acceptors (Lipinski definition) is 1. The summed E-state index contributed by atoms with van der Waals surface area (Å²) < 4.78 is 296. The lowest BCUT2D eigenvalue weighted by atomic mass is 9.12. The average molecular weight is 961 g/mol. The number of hydrogen-bond donors (Lipinski definition) is 0. The van der Waals surface area contributed by atoms with Crippen molar-refractivity contribution in [3.05, 3.63) is 200 Å². The molecule has 338 valence electrons. The van der Waals surface area contributed by atoms with Crippen LogP contribution in [-0.2, 0) is 6.54 Å². The highest BCUT2D eigenvalue weighted by Gasteiger charge is 2.52. The predicted octanol–water partition coefficient (Wildman–Crippen LogP) is 9.58. The van der Waals surface area contributed by atoms with Crippen molar-refractivity contribution >= 4 is 39.6 Å². The van der Waals surface area contributed by atoms with Gasteiger partial charge in [0.1, 0.15) is 58.4 Å². The summed E-state index contributed by atoms with van der Waals surface area (Å²) in [6, 6.07) is 18.1. The van der Waals surface area contributed by atoms with Crippen molar-refractivity contribution in [3.63, 3.8) is 0 Å². The van der Waals surface area contributed by atoms with Crippen LogP contribution in [-0.4, -0.2) is 11.1 Å². The van der Waals surface area contributed by atoms with Crippen molar-refractivity contribution in [3.8, 4) is 11.3 Å². The van der Waals surface area contributed by atoms with E-state index in [1.807, 2.05) is 48.9 Å². The van der Waals surface area contributed by atoms with E-state index < -0.39 is 144 Å². The van der Waals surface area contributed by atoms with E-state index in [1.54, 1.807) is 0 Å². The van der Waals surface area contributed by atoms with Gasteiger partial charge in [0.05, 0.1) is 6.20 Å². The van der Waals surface area contributed by atoms with E-state index in [1.165, 1.54) is 5.56 Å². The molecule has 0 fully saturated rings. The van der Waals surface area contributed by atoms with Gasteiger partial charge in [-0.05, 0) is 12.1 Å². The first-order valence-corrected chi connectivity index (χ1v) is 17.8. The van der Waals surface area contributed by atoms with Crippen LogP contribution in [0.25, 0.3) is 11.3 Å². The molecule has 0 atom stereocenters. The molecule has 0 bridgehead atoms. The Morgan fingerprint density at radius 3 is 1.05 bits per heavy atom. The standard InChI is InChI=1S/C24BF20.C17H14ClN2/c26-5-1(6(27)14(35)21(42)13(5)34)25(2-7(28)15(36)22(43)16(37)8(2)29,3-9(30)17(38)23(44)18(39)10(3)31)4-11(32)19(40)24(45)20(41)12(4)33;18-16-8-4-7-15(11-16)17-13-20(10-9-19-17)12-14-5-2-1-3-6-14/h;1-11,13H,12H2/q-1;+1. The number of benzene rings is 6. The predicted molar refractivity (Wildman–Crippen MR) is 190 cm³/mol. The lowest BCUT2D eigenvalue weighted by Gasteiger charge is -2.44. The molecule has 0 aliphatic heterocycles. The minimum Gasteiger partial charge on any atom is -0.244 e. The molecule has 1 aromatic heterocycles. The molecule has 65 heavy (non-hydrogen) atoms. The maximum Gasteiger partial charge on any atom is 0.200 e. The summed E-state index contributed by atoms with van der Waals surface area (Å²) in [7, 11) is 0. The molecular formula is C41H14BClF20N2. The molecule has 0 aliphatic rings.